The van der Waals surface area contributed by atoms with Gasteiger partial charge in [-0.25, -0.2) is 4.79 Å². The summed E-state index contributed by atoms with van der Waals surface area (Å²) in [6, 6.07) is 0. The molecular weight excluding hydrogens is 262 g/mol. The van der Waals surface area contributed by atoms with Gasteiger partial charge in [0.25, 0.3) is 5.91 Å². The van der Waals surface area contributed by atoms with Crippen LogP contribution in [-0.2, 0) is 9.59 Å². The van der Waals surface area contributed by atoms with Gasteiger partial charge in [0.2, 0.25) is 0 Å². The average molecular weight is 273 g/mol. The minimum absolute atomic E-state index is 0.0171. The molecule has 2 heterocycles. The summed E-state index contributed by atoms with van der Waals surface area (Å²) in [6.07, 6.45) is 1.72. The van der Waals surface area contributed by atoms with Crippen LogP contribution < -0.4 is 0 Å². The predicted molar refractivity (Wildman–Crippen MR) is 66.2 cm³/mol. The minimum Gasteiger partial charge on any atom is -0.477 e. The maximum atomic E-state index is 11.7. The smallest absolute Gasteiger partial charge is 0.354 e. The molecule has 2 rings (SSSR count). The van der Waals surface area contributed by atoms with Gasteiger partial charge in [-0.2, -0.15) is 0 Å². The van der Waals surface area contributed by atoms with Crippen molar-refractivity contribution in [3.8, 4) is 0 Å². The summed E-state index contributed by atoms with van der Waals surface area (Å²) in [4.78, 5) is 24.1. The Morgan fingerprint density at radius 2 is 2.35 bits per heavy atom. The third kappa shape index (κ3) is 1.88. The molecule has 0 radical (unpaired) electrons. The summed E-state index contributed by atoms with van der Waals surface area (Å²) in [5.74, 6) is -0.898. The zero-order chi connectivity index (χ0) is 12.6. The fourth-order valence-corrected chi connectivity index (χ4v) is 4.28. The maximum Gasteiger partial charge on any atom is 0.354 e. The van der Waals surface area contributed by atoms with E-state index in [2.05, 4.69) is 0 Å². The highest BCUT2D eigenvalue weighted by molar-refractivity contribution is 8.22. The average Bonchev–Trinajstić information content (AvgIpc) is 2.62. The molecule has 2 aliphatic rings. The molecular formula is C10H11NO4S2. The van der Waals surface area contributed by atoms with E-state index in [9.17, 15) is 9.59 Å². The Morgan fingerprint density at radius 3 is 2.88 bits per heavy atom. The van der Waals surface area contributed by atoms with Crippen molar-refractivity contribution < 1.29 is 19.8 Å². The number of nitrogens with zero attached hydrogens (tertiary/aromatic N) is 1. The highest BCUT2D eigenvalue weighted by Crippen LogP contribution is 2.52. The number of hydrogen-bond donors (Lipinski definition) is 2. The van der Waals surface area contributed by atoms with E-state index >= 15 is 0 Å². The first kappa shape index (κ1) is 12.5. The van der Waals surface area contributed by atoms with Crippen LogP contribution in [0.5, 0.6) is 0 Å². The summed E-state index contributed by atoms with van der Waals surface area (Å²) >= 11 is 2.63. The number of carboxylic acid groups (broad SMARTS) is 1. The third-order valence-corrected chi connectivity index (χ3v) is 5.04. The van der Waals surface area contributed by atoms with E-state index in [-0.39, 0.29) is 23.6 Å². The van der Waals surface area contributed by atoms with Gasteiger partial charge in [0, 0.05) is 11.3 Å². The van der Waals surface area contributed by atoms with Crippen molar-refractivity contribution in [2.75, 3.05) is 12.4 Å². The van der Waals surface area contributed by atoms with E-state index in [1.54, 1.807) is 13.0 Å². The van der Waals surface area contributed by atoms with Gasteiger partial charge in [0.05, 0.1) is 10.8 Å². The number of aliphatic carboxylic acids is 1. The van der Waals surface area contributed by atoms with Crippen LogP contribution in [0.3, 0.4) is 0 Å². The molecule has 1 amide bonds. The molecule has 0 bridgehead atoms. The highest BCUT2D eigenvalue weighted by Gasteiger charge is 2.52. The van der Waals surface area contributed by atoms with Gasteiger partial charge in [-0.3, -0.25) is 9.69 Å². The van der Waals surface area contributed by atoms with Crippen LogP contribution in [0, 0.1) is 0 Å². The molecule has 0 aromatic rings. The lowest BCUT2D eigenvalue weighted by Crippen LogP contribution is -2.51. The van der Waals surface area contributed by atoms with Crippen LogP contribution in [0.25, 0.3) is 0 Å². The number of rotatable bonds is 4. The van der Waals surface area contributed by atoms with Crippen LogP contribution in [0.1, 0.15) is 6.92 Å². The first-order valence-corrected chi connectivity index (χ1v) is 6.86. The second kappa shape index (κ2) is 4.75. The van der Waals surface area contributed by atoms with Gasteiger partial charge < -0.3 is 10.2 Å². The van der Waals surface area contributed by atoms with Crippen molar-refractivity contribution in [1.82, 2.24) is 4.90 Å². The topological polar surface area (TPSA) is 77.8 Å². The monoisotopic (exact) mass is 273 g/mol. The highest BCUT2D eigenvalue weighted by atomic mass is 32.2. The van der Waals surface area contributed by atoms with Gasteiger partial charge in [-0.1, -0.05) is 17.8 Å². The Morgan fingerprint density at radius 1 is 1.65 bits per heavy atom. The van der Waals surface area contributed by atoms with Gasteiger partial charge in [-0.05, 0) is 6.92 Å². The number of β-lactam (4-membered cyclic amide) rings is 1. The number of thioether (sulfide) groups is 2. The van der Waals surface area contributed by atoms with E-state index < -0.39 is 5.97 Å². The summed E-state index contributed by atoms with van der Waals surface area (Å²) in [7, 11) is 0. The standard InChI is InChI=1S/C10H11NO4S2/c1-2-5-7(13)11-6(9(14)15)10(16-4-3-12)17-8(5)11/h2,8,12H,3-4H2,1H3,(H,14,15)/t8-/m1/s1. The molecule has 17 heavy (non-hydrogen) atoms. The summed E-state index contributed by atoms with van der Waals surface area (Å²) < 4.78 is 0.599. The van der Waals surface area contributed by atoms with Gasteiger partial charge in [-0.15, -0.1) is 11.8 Å². The first-order valence-electron chi connectivity index (χ1n) is 4.99. The largest absolute Gasteiger partial charge is 0.477 e. The number of carbonyl (C=O) groups excluding carboxylic acids is 1. The van der Waals surface area contributed by atoms with Crippen molar-refractivity contribution in [3.05, 3.63) is 21.6 Å². The van der Waals surface area contributed by atoms with Crippen molar-refractivity contribution in [3.63, 3.8) is 0 Å². The SMILES string of the molecule is CC=C1C(=O)N2C(C(=O)O)=C(SCCO)S[C@H]12. The van der Waals surface area contributed by atoms with Crippen LogP contribution in [0.2, 0.25) is 0 Å². The lowest BCUT2D eigenvalue weighted by Gasteiger charge is -2.36. The molecule has 0 saturated carbocycles. The normalized spacial score (nSPS) is 25.3. The van der Waals surface area contributed by atoms with Crippen LogP contribution in [0.4, 0.5) is 0 Å². The molecule has 7 heteroatoms. The Bertz CT molecular complexity index is 444. The molecule has 2 N–H and O–H groups in total. The number of carbonyl (C=O) groups is 2. The first-order chi connectivity index (χ1) is 8.11. The van der Waals surface area contributed by atoms with E-state index in [4.69, 9.17) is 10.2 Å². The maximum absolute atomic E-state index is 11.7. The quantitative estimate of drug-likeness (QED) is 0.583. The summed E-state index contributed by atoms with van der Waals surface area (Å²) in [5.41, 5.74) is 0.697. The van der Waals surface area contributed by atoms with Gasteiger partial charge >= 0.3 is 5.97 Å². The third-order valence-electron chi connectivity index (χ3n) is 2.46. The van der Waals surface area contributed by atoms with Gasteiger partial charge in [0.1, 0.15) is 5.37 Å². The number of allylic oxidation sites excluding steroid dienone is 1. The zero-order valence-electron chi connectivity index (χ0n) is 9.04. The number of aliphatic hydroxyl groups is 1. The molecule has 0 aromatic heterocycles. The number of fused-ring (bicyclic) bond motifs is 1. The number of aliphatic hydroxyl groups excluding tert-OH is 1. The summed E-state index contributed by atoms with van der Waals surface area (Å²) in [5, 5.41) is 17.7. The molecule has 5 nitrogen and oxygen atoms in total. The lowest BCUT2D eigenvalue weighted by molar-refractivity contribution is -0.141. The molecule has 1 saturated heterocycles. The zero-order valence-corrected chi connectivity index (χ0v) is 10.7. The second-order valence-electron chi connectivity index (χ2n) is 3.40. The van der Waals surface area contributed by atoms with Crippen LogP contribution in [-0.4, -0.2) is 44.7 Å². The number of hydrogen-bond acceptors (Lipinski definition) is 5. The Labute approximate surface area is 107 Å². The molecule has 0 spiro atoms. The predicted octanol–water partition coefficient (Wildman–Crippen LogP) is 0.827. The van der Waals surface area contributed by atoms with Crippen molar-refractivity contribution in [2.24, 2.45) is 0 Å². The second-order valence-corrected chi connectivity index (χ2v) is 5.86. The van der Waals surface area contributed by atoms with Gasteiger partial charge in [0.15, 0.2) is 5.70 Å². The molecule has 0 unspecified atom stereocenters. The Kier molecular flexibility index (Phi) is 3.50. The number of carboxylic acids is 1. The molecule has 1 atom stereocenters. The Balaban J connectivity index is 2.26. The molecule has 0 aliphatic carbocycles. The minimum atomic E-state index is -1.09. The summed E-state index contributed by atoms with van der Waals surface area (Å²) in [6.45, 7) is 1.75. The molecule has 92 valence electrons. The van der Waals surface area contributed by atoms with Crippen molar-refractivity contribution >= 4 is 35.4 Å². The van der Waals surface area contributed by atoms with E-state index in [0.717, 1.165) is 0 Å². The van der Waals surface area contributed by atoms with Crippen molar-refractivity contribution in [2.45, 2.75) is 12.3 Å². The fourth-order valence-electron chi connectivity index (χ4n) is 1.71. The Hall–Kier alpha value is -0.920. The van der Waals surface area contributed by atoms with Crippen molar-refractivity contribution in [1.29, 1.82) is 0 Å². The molecule has 2 aliphatic heterocycles. The fraction of sp³-hybridized carbons (Fsp3) is 0.400. The van der Waals surface area contributed by atoms with E-state index in [0.29, 0.717) is 15.6 Å². The van der Waals surface area contributed by atoms with E-state index in [1.807, 2.05) is 0 Å². The van der Waals surface area contributed by atoms with Crippen LogP contribution in [0.15, 0.2) is 21.6 Å². The molecule has 0 aromatic carbocycles. The van der Waals surface area contributed by atoms with E-state index in [1.165, 1.54) is 28.4 Å². The van der Waals surface area contributed by atoms with Crippen LogP contribution >= 0.6 is 23.5 Å². The lowest BCUT2D eigenvalue weighted by atomic mass is 10.1. The molecule has 1 fully saturated rings. The number of amides is 1.